The minimum atomic E-state index is 0.283. The van der Waals surface area contributed by atoms with Gasteiger partial charge in [0.25, 0.3) is 0 Å². The first-order valence-corrected chi connectivity index (χ1v) is 13.2. The van der Waals surface area contributed by atoms with E-state index < -0.39 is 0 Å². The van der Waals surface area contributed by atoms with Gasteiger partial charge in [0.15, 0.2) is 5.78 Å². The summed E-state index contributed by atoms with van der Waals surface area (Å²) in [6, 6.07) is 9.46. The van der Waals surface area contributed by atoms with E-state index in [1.54, 1.807) is 11.1 Å². The largest absolute Gasteiger partial charge is 0.372 e. The number of fused-ring (bicyclic) bond motifs is 4. The average Bonchev–Trinajstić information content (AvgIpc) is 3.15. The summed E-state index contributed by atoms with van der Waals surface area (Å²) >= 11 is 0. The molecular weight excluding hydrogens is 402 g/mol. The second kappa shape index (κ2) is 8.83. The third-order valence-corrected chi connectivity index (χ3v) is 9.47. The van der Waals surface area contributed by atoms with Crippen LogP contribution < -0.4 is 4.90 Å². The Hall–Kier alpha value is -2.27. The fourth-order valence-corrected chi connectivity index (χ4v) is 7.88. The topological polar surface area (TPSA) is 20.3 Å². The fraction of sp³-hybridized carbons (Fsp3) is 0.581. The minimum absolute atomic E-state index is 0.283. The lowest BCUT2D eigenvalue weighted by Gasteiger charge is -2.52. The summed E-state index contributed by atoms with van der Waals surface area (Å²) in [5, 5.41) is 0. The van der Waals surface area contributed by atoms with E-state index in [2.05, 4.69) is 61.8 Å². The molecule has 33 heavy (non-hydrogen) atoms. The Labute approximate surface area is 200 Å². The Bertz CT molecular complexity index is 1040. The average molecular weight is 442 g/mol. The van der Waals surface area contributed by atoms with Crippen molar-refractivity contribution in [3.63, 3.8) is 0 Å². The standard InChI is InChI=1S/C31H39NO/c1-5-8-23-12-18-29-27-16-11-22-19-25(33)15-17-26(22)30(27)28(20-31(23,29)4)21-9-13-24(14-10-21)32(6-2)7-3/h9-10,13-14,19,23,27-29H,6-7,11-12,15-18,20H2,1-4H3/t23-,27+,28-,29+,31-/m1/s1. The van der Waals surface area contributed by atoms with Crippen molar-refractivity contribution in [1.29, 1.82) is 0 Å². The van der Waals surface area contributed by atoms with E-state index in [-0.39, 0.29) is 5.41 Å². The van der Waals surface area contributed by atoms with Crippen LogP contribution in [0.1, 0.15) is 84.1 Å². The predicted octanol–water partition coefficient (Wildman–Crippen LogP) is 7.07. The Morgan fingerprint density at radius 1 is 1.03 bits per heavy atom. The highest BCUT2D eigenvalue weighted by Crippen LogP contribution is 2.65. The van der Waals surface area contributed by atoms with E-state index in [1.807, 2.05) is 13.0 Å². The van der Waals surface area contributed by atoms with E-state index in [9.17, 15) is 4.79 Å². The van der Waals surface area contributed by atoms with E-state index in [4.69, 9.17) is 0 Å². The van der Waals surface area contributed by atoms with Gasteiger partial charge in [0.05, 0.1) is 0 Å². The van der Waals surface area contributed by atoms with Crippen LogP contribution >= 0.6 is 0 Å². The molecule has 0 aliphatic heterocycles. The summed E-state index contributed by atoms with van der Waals surface area (Å²) in [5.41, 5.74) is 7.67. The second-order valence-corrected chi connectivity index (χ2v) is 10.9. The minimum Gasteiger partial charge on any atom is -0.372 e. The molecule has 1 aromatic rings. The van der Waals surface area contributed by atoms with Gasteiger partial charge in [-0.3, -0.25) is 4.79 Å². The van der Waals surface area contributed by atoms with Crippen molar-refractivity contribution in [1.82, 2.24) is 0 Å². The van der Waals surface area contributed by atoms with Gasteiger partial charge in [-0.2, -0.15) is 0 Å². The van der Waals surface area contributed by atoms with Crippen LogP contribution in [0.25, 0.3) is 0 Å². The molecule has 0 aromatic heterocycles. The predicted molar refractivity (Wildman–Crippen MR) is 137 cm³/mol. The normalized spacial score (nSPS) is 32.8. The molecule has 0 unspecified atom stereocenters. The summed E-state index contributed by atoms with van der Waals surface area (Å²) in [6.07, 6.45) is 9.66. The first-order chi connectivity index (χ1) is 16.0. The second-order valence-electron chi connectivity index (χ2n) is 10.9. The van der Waals surface area contributed by atoms with Crippen molar-refractivity contribution >= 4 is 11.5 Å². The molecular formula is C31H39NO. The summed E-state index contributed by atoms with van der Waals surface area (Å²) in [5.74, 6) is 9.57. The lowest BCUT2D eigenvalue weighted by Crippen LogP contribution is -2.43. The van der Waals surface area contributed by atoms with Gasteiger partial charge in [-0.05, 0) is 111 Å². The summed E-state index contributed by atoms with van der Waals surface area (Å²) in [4.78, 5) is 14.6. The van der Waals surface area contributed by atoms with Gasteiger partial charge in [-0.25, -0.2) is 0 Å². The smallest absolute Gasteiger partial charge is 0.156 e. The molecule has 4 aliphatic carbocycles. The van der Waals surface area contributed by atoms with Crippen molar-refractivity contribution in [3.05, 3.63) is 52.6 Å². The molecule has 2 heteroatoms. The third-order valence-electron chi connectivity index (χ3n) is 9.47. The van der Waals surface area contributed by atoms with Crippen LogP contribution in [0.4, 0.5) is 5.69 Å². The molecule has 0 spiro atoms. The van der Waals surface area contributed by atoms with Gasteiger partial charge >= 0.3 is 0 Å². The van der Waals surface area contributed by atoms with Crippen LogP contribution in [0.3, 0.4) is 0 Å². The summed E-state index contributed by atoms with van der Waals surface area (Å²) in [6.45, 7) is 11.1. The van der Waals surface area contributed by atoms with Crippen LogP contribution in [-0.2, 0) is 4.79 Å². The number of anilines is 1. The quantitative estimate of drug-likeness (QED) is 0.466. The highest BCUT2D eigenvalue weighted by molar-refractivity contribution is 5.93. The molecule has 0 saturated heterocycles. The molecule has 0 radical (unpaired) electrons. The Morgan fingerprint density at radius 2 is 1.79 bits per heavy atom. The number of benzene rings is 1. The Balaban J connectivity index is 1.61. The first kappa shape index (κ1) is 22.5. The van der Waals surface area contributed by atoms with Gasteiger partial charge in [-0.15, -0.1) is 5.92 Å². The fourth-order valence-electron chi connectivity index (χ4n) is 7.88. The molecule has 0 amide bonds. The molecule has 0 bridgehead atoms. The van der Waals surface area contributed by atoms with Crippen molar-refractivity contribution in [2.24, 2.45) is 23.2 Å². The molecule has 2 saturated carbocycles. The van der Waals surface area contributed by atoms with E-state index in [0.29, 0.717) is 30.0 Å². The molecule has 4 aliphatic rings. The zero-order valence-electron chi connectivity index (χ0n) is 20.9. The summed E-state index contributed by atoms with van der Waals surface area (Å²) < 4.78 is 0. The maximum absolute atomic E-state index is 12.2. The van der Waals surface area contributed by atoms with E-state index in [1.165, 1.54) is 42.5 Å². The van der Waals surface area contributed by atoms with Gasteiger partial charge < -0.3 is 4.90 Å². The molecule has 1 aromatic carbocycles. The van der Waals surface area contributed by atoms with Crippen LogP contribution in [-0.4, -0.2) is 18.9 Å². The third kappa shape index (κ3) is 3.69. The number of allylic oxidation sites excluding steroid dienone is 4. The number of carbonyl (C=O) groups excluding carboxylic acids is 1. The molecule has 0 heterocycles. The number of nitrogens with zero attached hydrogens (tertiary/aromatic N) is 1. The number of hydrogen-bond acceptors (Lipinski definition) is 2. The zero-order valence-corrected chi connectivity index (χ0v) is 20.9. The number of carbonyl (C=O) groups is 1. The van der Waals surface area contributed by atoms with Gasteiger partial charge in [-0.1, -0.05) is 30.6 Å². The van der Waals surface area contributed by atoms with Crippen LogP contribution in [0.15, 0.2) is 47.1 Å². The molecule has 5 atom stereocenters. The van der Waals surface area contributed by atoms with Gasteiger partial charge in [0, 0.05) is 37.0 Å². The number of ketones is 1. The first-order valence-electron chi connectivity index (χ1n) is 13.2. The molecule has 174 valence electrons. The Kier molecular flexibility index (Phi) is 6.02. The molecule has 0 N–H and O–H groups in total. The lowest BCUT2D eigenvalue weighted by molar-refractivity contribution is -0.114. The van der Waals surface area contributed by atoms with E-state index >= 15 is 0 Å². The van der Waals surface area contributed by atoms with Crippen LogP contribution in [0.5, 0.6) is 0 Å². The van der Waals surface area contributed by atoms with Crippen LogP contribution in [0.2, 0.25) is 0 Å². The lowest BCUT2D eigenvalue weighted by atomic mass is 9.52. The maximum Gasteiger partial charge on any atom is 0.156 e. The molecule has 2 nitrogen and oxygen atoms in total. The van der Waals surface area contributed by atoms with Crippen molar-refractivity contribution in [2.75, 3.05) is 18.0 Å². The molecule has 5 rings (SSSR count). The highest BCUT2D eigenvalue weighted by Gasteiger charge is 2.56. The van der Waals surface area contributed by atoms with E-state index in [0.717, 1.165) is 31.8 Å². The zero-order chi connectivity index (χ0) is 23.2. The highest BCUT2D eigenvalue weighted by atomic mass is 16.1. The van der Waals surface area contributed by atoms with Crippen molar-refractivity contribution in [2.45, 2.75) is 78.6 Å². The van der Waals surface area contributed by atoms with Gasteiger partial charge in [0.2, 0.25) is 0 Å². The Morgan fingerprint density at radius 3 is 2.48 bits per heavy atom. The van der Waals surface area contributed by atoms with Gasteiger partial charge in [0.1, 0.15) is 0 Å². The van der Waals surface area contributed by atoms with Crippen molar-refractivity contribution < 1.29 is 4.79 Å². The maximum atomic E-state index is 12.2. The molecule has 2 fully saturated rings. The van der Waals surface area contributed by atoms with Crippen molar-refractivity contribution in [3.8, 4) is 11.8 Å². The summed E-state index contributed by atoms with van der Waals surface area (Å²) in [7, 11) is 0. The number of hydrogen-bond donors (Lipinski definition) is 0. The SMILES string of the molecule is CC#C[C@@H]1CC[C@H]2[C@@H]3CCC4=CC(=O)CCC4=C3[C@@H](c3ccc(N(CC)CC)cc3)C[C@]12C. The van der Waals surface area contributed by atoms with Crippen LogP contribution in [0, 0.1) is 35.0 Å². The monoisotopic (exact) mass is 441 g/mol. The number of rotatable bonds is 4.